The fourth-order valence-electron chi connectivity index (χ4n) is 0.836. The van der Waals surface area contributed by atoms with Gasteiger partial charge in [-0.15, -0.1) is 4.72 Å². The van der Waals surface area contributed by atoms with Crippen LogP contribution in [0.15, 0.2) is 28.7 Å². The van der Waals surface area contributed by atoms with Crippen molar-refractivity contribution in [3.05, 3.63) is 34.3 Å². The Bertz CT molecular complexity index is 453. The molecule has 0 heterocycles. The third kappa shape index (κ3) is 3.64. The van der Waals surface area contributed by atoms with E-state index in [2.05, 4.69) is 20.7 Å². The molecule has 0 saturated carbocycles. The maximum Gasteiger partial charge on any atom is 0.287 e. The molecule has 0 unspecified atom stereocenters. The lowest BCUT2D eigenvalue weighted by Crippen LogP contribution is -2.24. The minimum atomic E-state index is -3.61. The lowest BCUT2D eigenvalue weighted by atomic mass is 10.2. The van der Waals surface area contributed by atoms with Crippen molar-refractivity contribution in [3.63, 3.8) is 0 Å². The number of carbonyl (C=O) groups excluding carboxylic acids is 1. The van der Waals surface area contributed by atoms with E-state index in [4.69, 9.17) is 0 Å². The van der Waals surface area contributed by atoms with E-state index < -0.39 is 15.9 Å². The number of sulfonamides is 1. The quantitative estimate of drug-likeness (QED) is 0.848. The topological polar surface area (TPSA) is 65.3 Å². The molecule has 0 bridgehead atoms. The van der Waals surface area contributed by atoms with E-state index in [1.807, 2.05) is 0 Å². The molecule has 4 nitrogen and oxygen atoms in total. The van der Waals surface area contributed by atoms with Crippen LogP contribution >= 0.6 is 15.9 Å². The van der Waals surface area contributed by atoms with Crippen LogP contribution in [0.3, 0.4) is 0 Å². The zero-order chi connectivity index (χ0) is 11.5. The summed E-state index contributed by atoms with van der Waals surface area (Å²) in [6, 6.07) is 6.34. The van der Waals surface area contributed by atoms with E-state index in [1.54, 1.807) is 12.1 Å². The van der Waals surface area contributed by atoms with Gasteiger partial charge in [-0.25, -0.2) is 8.42 Å². The van der Waals surface area contributed by atoms with Gasteiger partial charge in [-0.2, -0.15) is 0 Å². The first-order valence-electron chi connectivity index (χ1n) is 4.20. The first kappa shape index (κ1) is 12.2. The van der Waals surface area contributed by atoms with Crippen LogP contribution in [-0.4, -0.2) is 20.1 Å². The van der Waals surface area contributed by atoms with Crippen molar-refractivity contribution in [2.24, 2.45) is 0 Å². The number of benzene rings is 1. The number of rotatable bonds is 3. The van der Waals surface area contributed by atoms with Gasteiger partial charge in [0.05, 0.1) is 5.75 Å². The zero-order valence-electron chi connectivity index (χ0n) is 7.97. The van der Waals surface area contributed by atoms with Crippen LogP contribution in [0.2, 0.25) is 0 Å². The summed E-state index contributed by atoms with van der Waals surface area (Å²) in [4.78, 5) is 11.4. The fourth-order valence-corrected chi connectivity index (χ4v) is 1.59. The van der Waals surface area contributed by atoms with Gasteiger partial charge in [-0.05, 0) is 31.2 Å². The van der Waals surface area contributed by atoms with Crippen LogP contribution in [0.1, 0.15) is 17.3 Å². The highest BCUT2D eigenvalue weighted by molar-refractivity contribution is 9.10. The van der Waals surface area contributed by atoms with Gasteiger partial charge in [0.2, 0.25) is 0 Å². The number of amides is 1. The summed E-state index contributed by atoms with van der Waals surface area (Å²) < 4.78 is 26.1. The van der Waals surface area contributed by atoms with E-state index in [0.29, 0.717) is 0 Å². The van der Waals surface area contributed by atoms with E-state index in [9.17, 15) is 13.2 Å². The van der Waals surface area contributed by atoms with E-state index in [-0.39, 0.29) is 11.3 Å². The Morgan fingerprint density at radius 3 is 2.33 bits per heavy atom. The van der Waals surface area contributed by atoms with Crippen molar-refractivity contribution in [1.82, 2.24) is 4.72 Å². The summed E-state index contributed by atoms with van der Waals surface area (Å²) in [6.07, 6.45) is 0. The summed E-state index contributed by atoms with van der Waals surface area (Å²) in [6.45, 7) is 1.44. The van der Waals surface area contributed by atoms with Crippen molar-refractivity contribution >= 4 is 31.9 Å². The van der Waals surface area contributed by atoms with Crippen molar-refractivity contribution < 1.29 is 13.2 Å². The number of hydrogen-bond donors (Lipinski definition) is 0. The maximum atomic E-state index is 11.4. The summed E-state index contributed by atoms with van der Waals surface area (Å²) >= 11 is 3.21. The second kappa shape index (κ2) is 4.76. The second-order valence-corrected chi connectivity index (χ2v) is 5.61. The third-order valence-corrected chi connectivity index (χ3v) is 3.38. The normalized spacial score (nSPS) is 11.1. The van der Waals surface area contributed by atoms with Crippen LogP contribution in [0.5, 0.6) is 0 Å². The van der Waals surface area contributed by atoms with Crippen LogP contribution < -0.4 is 4.72 Å². The van der Waals surface area contributed by atoms with Crippen molar-refractivity contribution in [1.29, 1.82) is 0 Å². The van der Waals surface area contributed by atoms with Gasteiger partial charge in [-0.3, -0.25) is 4.79 Å². The van der Waals surface area contributed by atoms with Crippen molar-refractivity contribution in [2.45, 2.75) is 6.92 Å². The molecule has 15 heavy (non-hydrogen) atoms. The Hall–Kier alpha value is -0.880. The zero-order valence-corrected chi connectivity index (χ0v) is 10.4. The summed E-state index contributed by atoms with van der Waals surface area (Å²) in [5.74, 6) is -0.903. The van der Waals surface area contributed by atoms with E-state index >= 15 is 0 Å². The summed E-state index contributed by atoms with van der Waals surface area (Å²) in [5.41, 5.74) is 0.259. The largest absolute Gasteiger partial charge is 0.287 e. The van der Waals surface area contributed by atoms with Gasteiger partial charge in [0, 0.05) is 10.0 Å². The molecule has 1 aromatic carbocycles. The highest BCUT2D eigenvalue weighted by atomic mass is 79.9. The number of hydrogen-bond acceptors (Lipinski definition) is 3. The lowest BCUT2D eigenvalue weighted by Gasteiger charge is -2.00. The molecular weight excluding hydrogens is 282 g/mol. The highest BCUT2D eigenvalue weighted by Crippen LogP contribution is 2.10. The minimum Gasteiger partial charge on any atom is -0.266 e. The summed E-state index contributed by atoms with van der Waals surface area (Å²) in [7, 11) is -3.61. The summed E-state index contributed by atoms with van der Waals surface area (Å²) in [5, 5.41) is 0. The number of halogens is 1. The minimum absolute atomic E-state index is 0.171. The van der Waals surface area contributed by atoms with Gasteiger partial charge in [0.25, 0.3) is 15.9 Å². The number of nitrogens with zero attached hydrogens (tertiary/aromatic N) is 1. The Balaban J connectivity index is 2.83. The molecular formula is C9H9BrNO3S. The smallest absolute Gasteiger partial charge is 0.266 e. The standard InChI is InChI=1S/C9H9BrNO3S/c1-2-15(13,14)11-9(12)7-3-5-8(10)6-4-7/h3-6H,2H2,1H3. The van der Waals surface area contributed by atoms with Gasteiger partial charge >= 0.3 is 0 Å². The molecule has 0 spiro atoms. The fraction of sp³-hybridized carbons (Fsp3) is 0.222. The van der Waals surface area contributed by atoms with Gasteiger partial charge < -0.3 is 0 Å². The third-order valence-electron chi connectivity index (χ3n) is 1.68. The predicted molar refractivity (Wildman–Crippen MR) is 60.1 cm³/mol. The molecule has 1 radical (unpaired) electrons. The van der Waals surface area contributed by atoms with Crippen LogP contribution in [-0.2, 0) is 10.0 Å². The molecule has 1 rings (SSSR count). The molecule has 0 atom stereocenters. The van der Waals surface area contributed by atoms with Gasteiger partial charge in [0.1, 0.15) is 0 Å². The first-order chi connectivity index (χ1) is 6.94. The van der Waals surface area contributed by atoms with Crippen LogP contribution in [0.4, 0.5) is 0 Å². The first-order valence-corrected chi connectivity index (χ1v) is 6.60. The molecule has 0 aliphatic heterocycles. The van der Waals surface area contributed by atoms with Crippen molar-refractivity contribution in [3.8, 4) is 0 Å². The molecule has 0 N–H and O–H groups in total. The number of carbonyl (C=O) groups is 1. The Morgan fingerprint density at radius 1 is 1.33 bits per heavy atom. The van der Waals surface area contributed by atoms with Gasteiger partial charge in [0.15, 0.2) is 0 Å². The molecule has 0 aliphatic rings. The molecule has 0 saturated heterocycles. The van der Waals surface area contributed by atoms with Crippen molar-refractivity contribution in [2.75, 3.05) is 5.75 Å². The molecule has 0 aliphatic carbocycles. The maximum absolute atomic E-state index is 11.4. The van der Waals surface area contributed by atoms with Gasteiger partial charge in [-0.1, -0.05) is 15.9 Å². The van der Waals surface area contributed by atoms with E-state index in [1.165, 1.54) is 19.1 Å². The Morgan fingerprint density at radius 2 is 1.87 bits per heavy atom. The Labute approximate surface area is 96.9 Å². The Kier molecular flexibility index (Phi) is 3.87. The lowest BCUT2D eigenvalue weighted by molar-refractivity contribution is 0.0978. The molecule has 6 heteroatoms. The monoisotopic (exact) mass is 290 g/mol. The molecule has 0 fully saturated rings. The second-order valence-electron chi connectivity index (χ2n) is 2.77. The molecule has 1 aromatic rings. The van der Waals surface area contributed by atoms with E-state index in [0.717, 1.165) is 4.47 Å². The predicted octanol–water partition coefficient (Wildman–Crippen LogP) is 1.54. The van der Waals surface area contributed by atoms with Crippen LogP contribution in [0.25, 0.3) is 0 Å². The SMILES string of the molecule is CCS(=O)(=O)[N]C(=O)c1ccc(Br)cc1. The molecule has 1 amide bonds. The highest BCUT2D eigenvalue weighted by Gasteiger charge is 2.16. The van der Waals surface area contributed by atoms with Crippen LogP contribution in [0, 0.1) is 0 Å². The molecule has 81 valence electrons. The average molecular weight is 291 g/mol. The molecule has 0 aromatic heterocycles. The average Bonchev–Trinajstić information content (AvgIpc) is 2.18.